The summed E-state index contributed by atoms with van der Waals surface area (Å²) < 4.78 is 5.64. The van der Waals surface area contributed by atoms with Crippen LogP contribution in [0, 0.1) is 0 Å². The van der Waals surface area contributed by atoms with Gasteiger partial charge in [0.25, 0.3) is 0 Å². The van der Waals surface area contributed by atoms with E-state index in [9.17, 15) is 5.02 Å². The van der Waals surface area contributed by atoms with Crippen LogP contribution in [0.15, 0.2) is 48.5 Å². The minimum atomic E-state index is -0.523. The maximum Gasteiger partial charge on any atom is 0.320 e. The molecule has 0 unspecified atom stereocenters. The van der Waals surface area contributed by atoms with Crippen molar-refractivity contribution in [3.63, 3.8) is 0 Å². The Kier molecular flexibility index (Phi) is 4.29. The summed E-state index contributed by atoms with van der Waals surface area (Å²) in [6.45, 7) is 1.66. The molecule has 2 rings (SSSR count). The van der Waals surface area contributed by atoms with Crippen LogP contribution in [0.2, 0.25) is 11.8 Å². The van der Waals surface area contributed by atoms with Crippen molar-refractivity contribution in [2.45, 2.75) is 13.4 Å². The van der Waals surface area contributed by atoms with E-state index in [1.807, 2.05) is 36.4 Å². The Bertz CT molecular complexity index is 514. The van der Waals surface area contributed by atoms with Gasteiger partial charge in [0, 0.05) is 0 Å². The largest absolute Gasteiger partial charge is 0.487 e. The monoisotopic (exact) mass is 260 g/mol. The highest BCUT2D eigenvalue weighted by molar-refractivity contribution is 6.65. The lowest BCUT2D eigenvalue weighted by atomic mass is 9.64. The van der Waals surface area contributed by atoms with E-state index in [4.69, 9.17) is 16.3 Å². The van der Waals surface area contributed by atoms with E-state index < -0.39 is 6.92 Å². The second kappa shape index (κ2) is 5.94. The van der Waals surface area contributed by atoms with Gasteiger partial charge in [0.2, 0.25) is 0 Å². The fraction of sp³-hybridized carbons (Fsp3) is 0.143. The van der Waals surface area contributed by atoms with Crippen molar-refractivity contribution in [2.24, 2.45) is 0 Å². The van der Waals surface area contributed by atoms with E-state index in [2.05, 4.69) is 0 Å². The van der Waals surface area contributed by atoms with Crippen LogP contribution in [0.4, 0.5) is 0 Å². The molecular weight excluding hydrogens is 246 g/mol. The Morgan fingerprint density at radius 3 is 2.50 bits per heavy atom. The molecule has 0 aliphatic heterocycles. The third-order valence-corrected chi connectivity index (χ3v) is 2.97. The molecular formula is C14H14BClO2. The van der Waals surface area contributed by atoms with Gasteiger partial charge in [-0.15, -0.1) is 0 Å². The number of halogens is 1. The molecule has 0 fully saturated rings. The third kappa shape index (κ3) is 3.28. The molecule has 0 saturated heterocycles. The molecule has 0 aliphatic carbocycles. The van der Waals surface area contributed by atoms with Gasteiger partial charge in [0.15, 0.2) is 0 Å². The van der Waals surface area contributed by atoms with Crippen molar-refractivity contribution < 1.29 is 9.76 Å². The number of rotatable bonds is 4. The van der Waals surface area contributed by atoms with E-state index >= 15 is 0 Å². The maximum atomic E-state index is 9.45. The van der Waals surface area contributed by atoms with E-state index in [1.165, 1.54) is 0 Å². The van der Waals surface area contributed by atoms with Crippen LogP contribution in [0.25, 0.3) is 0 Å². The number of benzene rings is 2. The summed E-state index contributed by atoms with van der Waals surface area (Å²) in [6, 6.07) is 15.2. The summed E-state index contributed by atoms with van der Waals surface area (Å²) in [5, 5.41) is 9.97. The quantitative estimate of drug-likeness (QED) is 0.857. The Hall–Kier alpha value is -1.45. The summed E-state index contributed by atoms with van der Waals surface area (Å²) in [4.78, 5) is 0. The molecule has 0 atom stereocenters. The second-order valence-electron chi connectivity index (χ2n) is 4.14. The highest BCUT2D eigenvalue weighted by Gasteiger charge is 2.09. The average molecular weight is 261 g/mol. The molecule has 18 heavy (non-hydrogen) atoms. The molecule has 2 aromatic rings. The van der Waals surface area contributed by atoms with Crippen LogP contribution >= 0.6 is 11.6 Å². The molecule has 0 bridgehead atoms. The average Bonchev–Trinajstić information content (AvgIpc) is 2.38. The number of hydrogen-bond acceptors (Lipinski definition) is 2. The lowest BCUT2D eigenvalue weighted by Gasteiger charge is -2.10. The van der Waals surface area contributed by atoms with Gasteiger partial charge in [-0.25, -0.2) is 0 Å². The highest BCUT2D eigenvalue weighted by atomic mass is 35.5. The molecule has 0 aliphatic rings. The van der Waals surface area contributed by atoms with E-state index in [0.29, 0.717) is 17.4 Å². The van der Waals surface area contributed by atoms with Crippen molar-refractivity contribution in [3.8, 4) is 5.75 Å². The Labute approximate surface area is 112 Å². The lowest BCUT2D eigenvalue weighted by molar-refractivity contribution is 0.306. The van der Waals surface area contributed by atoms with E-state index in [-0.39, 0.29) is 0 Å². The minimum absolute atomic E-state index is 0.481. The molecule has 0 heterocycles. The first kappa shape index (κ1) is 13.0. The van der Waals surface area contributed by atoms with Gasteiger partial charge in [-0.1, -0.05) is 54.8 Å². The van der Waals surface area contributed by atoms with Crippen LogP contribution < -0.4 is 10.2 Å². The molecule has 0 spiro atoms. The van der Waals surface area contributed by atoms with Crippen LogP contribution in [-0.2, 0) is 6.61 Å². The van der Waals surface area contributed by atoms with Gasteiger partial charge in [0.1, 0.15) is 12.4 Å². The first-order valence-electron chi connectivity index (χ1n) is 5.81. The Balaban J connectivity index is 2.06. The highest BCUT2D eigenvalue weighted by Crippen LogP contribution is 2.23. The normalized spacial score (nSPS) is 10.2. The first-order chi connectivity index (χ1) is 8.66. The van der Waals surface area contributed by atoms with Gasteiger partial charge in [-0.05, 0) is 23.2 Å². The summed E-state index contributed by atoms with van der Waals surface area (Å²) in [7, 11) is 0. The van der Waals surface area contributed by atoms with Crippen molar-refractivity contribution in [3.05, 3.63) is 59.1 Å². The smallest absolute Gasteiger partial charge is 0.320 e. The van der Waals surface area contributed by atoms with Gasteiger partial charge in [-0.3, -0.25) is 0 Å². The first-order valence-corrected chi connectivity index (χ1v) is 6.19. The minimum Gasteiger partial charge on any atom is -0.487 e. The predicted molar refractivity (Wildman–Crippen MR) is 75.7 cm³/mol. The van der Waals surface area contributed by atoms with Crippen molar-refractivity contribution in [1.29, 1.82) is 0 Å². The number of hydrogen-bond donors (Lipinski definition) is 1. The molecule has 4 heteroatoms. The predicted octanol–water partition coefficient (Wildman–Crippen LogP) is 2.74. The van der Waals surface area contributed by atoms with E-state index in [0.717, 1.165) is 11.0 Å². The van der Waals surface area contributed by atoms with Crippen LogP contribution in [0.5, 0.6) is 5.75 Å². The second-order valence-corrected chi connectivity index (χ2v) is 4.55. The molecule has 0 aromatic heterocycles. The molecule has 0 amide bonds. The molecule has 2 aromatic carbocycles. The Morgan fingerprint density at radius 2 is 1.89 bits per heavy atom. The van der Waals surface area contributed by atoms with Crippen molar-refractivity contribution >= 4 is 24.0 Å². The van der Waals surface area contributed by atoms with Crippen LogP contribution in [-0.4, -0.2) is 11.9 Å². The van der Waals surface area contributed by atoms with Crippen LogP contribution in [0.3, 0.4) is 0 Å². The standard InChI is InChI=1S/C14H14BClO2/c1-15(17)12-7-8-14(13(16)9-12)18-10-11-5-3-2-4-6-11/h2-9,17H,10H2,1H3. The van der Waals surface area contributed by atoms with Crippen molar-refractivity contribution in [1.82, 2.24) is 0 Å². The van der Waals surface area contributed by atoms with Gasteiger partial charge >= 0.3 is 6.92 Å². The zero-order valence-corrected chi connectivity index (χ0v) is 10.9. The topological polar surface area (TPSA) is 29.5 Å². The molecule has 0 saturated carbocycles. The fourth-order valence-corrected chi connectivity index (χ4v) is 1.87. The Morgan fingerprint density at radius 1 is 1.17 bits per heavy atom. The molecule has 2 nitrogen and oxygen atoms in total. The summed E-state index contributed by atoms with van der Waals surface area (Å²) >= 11 is 6.10. The van der Waals surface area contributed by atoms with E-state index in [1.54, 1.807) is 19.0 Å². The third-order valence-electron chi connectivity index (χ3n) is 2.68. The summed E-state index contributed by atoms with van der Waals surface area (Å²) in [6.07, 6.45) is 0. The van der Waals surface area contributed by atoms with Gasteiger partial charge in [-0.2, -0.15) is 0 Å². The van der Waals surface area contributed by atoms with Gasteiger partial charge in [0.05, 0.1) is 5.02 Å². The SMILES string of the molecule is CB(O)c1ccc(OCc2ccccc2)c(Cl)c1. The molecule has 92 valence electrons. The zero-order chi connectivity index (χ0) is 13.0. The number of ether oxygens (including phenoxy) is 1. The van der Waals surface area contributed by atoms with Crippen LogP contribution in [0.1, 0.15) is 5.56 Å². The van der Waals surface area contributed by atoms with Gasteiger partial charge < -0.3 is 9.76 Å². The summed E-state index contributed by atoms with van der Waals surface area (Å²) in [5.41, 5.74) is 1.88. The lowest BCUT2D eigenvalue weighted by Crippen LogP contribution is -2.25. The maximum absolute atomic E-state index is 9.45. The van der Waals surface area contributed by atoms with Crippen molar-refractivity contribution in [2.75, 3.05) is 0 Å². The summed E-state index contributed by atoms with van der Waals surface area (Å²) in [5.74, 6) is 0.630. The zero-order valence-electron chi connectivity index (χ0n) is 10.1. The molecule has 0 radical (unpaired) electrons. The molecule has 1 N–H and O–H groups in total. The fourth-order valence-electron chi connectivity index (χ4n) is 1.63.